The van der Waals surface area contributed by atoms with Gasteiger partial charge in [-0.15, -0.1) is 11.3 Å². The number of likely N-dealkylation sites (tertiary alicyclic amines) is 1. The molecule has 1 N–H and O–H groups in total. The van der Waals surface area contributed by atoms with E-state index in [1.165, 1.54) is 12.8 Å². The van der Waals surface area contributed by atoms with Crippen LogP contribution < -0.4 is 10.2 Å². The molecule has 0 saturated carbocycles. The van der Waals surface area contributed by atoms with Gasteiger partial charge in [0.25, 0.3) is 0 Å². The predicted octanol–water partition coefficient (Wildman–Crippen LogP) is 1.38. The number of hydrogen-bond acceptors (Lipinski definition) is 5. The third-order valence-corrected chi connectivity index (χ3v) is 5.62. The smallest absolute Gasteiger partial charge is 0.317 e. The number of urea groups is 1. The lowest BCUT2D eigenvalue weighted by Crippen LogP contribution is -2.53. The maximum absolute atomic E-state index is 12.3. The molecule has 2 aliphatic heterocycles. The number of anilines is 1. The molecule has 0 aromatic carbocycles. The summed E-state index contributed by atoms with van der Waals surface area (Å²) in [6.07, 6.45) is 2.43. The van der Waals surface area contributed by atoms with E-state index >= 15 is 0 Å². The van der Waals surface area contributed by atoms with Crippen molar-refractivity contribution in [3.63, 3.8) is 0 Å². The normalized spacial score (nSPS) is 23.1. The minimum absolute atomic E-state index is 0.0790. The van der Waals surface area contributed by atoms with Gasteiger partial charge in [0.2, 0.25) is 0 Å². The van der Waals surface area contributed by atoms with E-state index in [0.717, 1.165) is 50.1 Å². The number of nitrogens with zero attached hydrogens (tertiary/aromatic N) is 4. The summed E-state index contributed by atoms with van der Waals surface area (Å²) in [6, 6.07) is 0.582. The van der Waals surface area contributed by atoms with Crippen LogP contribution in [0.3, 0.4) is 0 Å². The van der Waals surface area contributed by atoms with E-state index in [1.807, 2.05) is 11.8 Å². The number of carbonyl (C=O) groups is 1. The van der Waals surface area contributed by atoms with Gasteiger partial charge in [0.15, 0.2) is 5.13 Å². The third-order valence-electron chi connectivity index (χ3n) is 4.60. The molecule has 7 heteroatoms. The summed E-state index contributed by atoms with van der Waals surface area (Å²) < 4.78 is 0. The molecular formula is C15H25N5OS. The van der Waals surface area contributed by atoms with E-state index in [9.17, 15) is 4.79 Å². The Morgan fingerprint density at radius 2 is 2.14 bits per heavy atom. The molecule has 3 heterocycles. The number of likely N-dealkylation sites (N-methyl/N-ethyl adjacent to an activating group) is 1. The third kappa shape index (κ3) is 3.52. The van der Waals surface area contributed by atoms with Crippen molar-refractivity contribution in [2.45, 2.75) is 25.8 Å². The maximum Gasteiger partial charge on any atom is 0.317 e. The van der Waals surface area contributed by atoms with Gasteiger partial charge in [0.05, 0.1) is 5.69 Å². The fourth-order valence-corrected chi connectivity index (χ4v) is 4.00. The van der Waals surface area contributed by atoms with Crippen LogP contribution in [0.2, 0.25) is 0 Å². The van der Waals surface area contributed by atoms with Crippen LogP contribution in [-0.4, -0.2) is 73.2 Å². The average Bonchev–Trinajstić information content (AvgIpc) is 3.13. The van der Waals surface area contributed by atoms with Crippen molar-refractivity contribution >= 4 is 22.5 Å². The van der Waals surface area contributed by atoms with Gasteiger partial charge in [-0.25, -0.2) is 9.78 Å². The molecular weight excluding hydrogens is 298 g/mol. The van der Waals surface area contributed by atoms with Crippen LogP contribution in [-0.2, 0) is 0 Å². The van der Waals surface area contributed by atoms with Crippen LogP contribution in [0.5, 0.6) is 0 Å². The average molecular weight is 323 g/mol. The first-order valence-electron chi connectivity index (χ1n) is 8.03. The summed E-state index contributed by atoms with van der Waals surface area (Å²) in [5, 5.41) is 6.25. The molecule has 0 bridgehead atoms. The number of hydrogen-bond donors (Lipinski definition) is 1. The zero-order valence-electron chi connectivity index (χ0n) is 13.4. The van der Waals surface area contributed by atoms with Gasteiger partial charge in [-0.1, -0.05) is 0 Å². The molecule has 6 nitrogen and oxygen atoms in total. The maximum atomic E-state index is 12.3. The van der Waals surface area contributed by atoms with Crippen molar-refractivity contribution in [2.75, 3.05) is 51.2 Å². The summed E-state index contributed by atoms with van der Waals surface area (Å²) in [4.78, 5) is 23.3. The second kappa shape index (κ2) is 6.83. The number of piperazine rings is 1. The number of rotatable bonds is 3. The summed E-state index contributed by atoms with van der Waals surface area (Å²) in [6.45, 7) is 7.20. The van der Waals surface area contributed by atoms with Crippen LogP contribution >= 0.6 is 11.3 Å². The highest BCUT2D eigenvalue weighted by molar-refractivity contribution is 7.13. The quantitative estimate of drug-likeness (QED) is 0.913. The first-order valence-corrected chi connectivity index (χ1v) is 8.91. The lowest BCUT2D eigenvalue weighted by Gasteiger charge is -2.35. The summed E-state index contributed by atoms with van der Waals surface area (Å²) >= 11 is 1.68. The van der Waals surface area contributed by atoms with E-state index in [2.05, 4.69) is 32.5 Å². The molecule has 3 rings (SSSR count). The summed E-state index contributed by atoms with van der Waals surface area (Å²) in [5.41, 5.74) is 1.07. The van der Waals surface area contributed by atoms with Crippen molar-refractivity contribution in [3.8, 4) is 0 Å². The Morgan fingerprint density at radius 1 is 1.36 bits per heavy atom. The van der Waals surface area contributed by atoms with E-state index in [1.54, 1.807) is 11.3 Å². The van der Waals surface area contributed by atoms with Gasteiger partial charge >= 0.3 is 6.03 Å². The van der Waals surface area contributed by atoms with Crippen LogP contribution in [0.25, 0.3) is 0 Å². The molecule has 1 aromatic heterocycles. The molecule has 2 aliphatic rings. The first kappa shape index (κ1) is 15.6. The van der Waals surface area contributed by atoms with Gasteiger partial charge in [0.1, 0.15) is 0 Å². The molecule has 1 unspecified atom stereocenters. The van der Waals surface area contributed by atoms with Crippen molar-refractivity contribution in [3.05, 3.63) is 11.1 Å². The van der Waals surface area contributed by atoms with Crippen LogP contribution in [0.15, 0.2) is 5.38 Å². The SMILES string of the molecule is Cc1csc(N2CCN(C(=O)NCC3CCCN3C)CC2)n1. The van der Waals surface area contributed by atoms with Crippen LogP contribution in [0.4, 0.5) is 9.93 Å². The van der Waals surface area contributed by atoms with Gasteiger partial charge in [-0.05, 0) is 33.4 Å². The van der Waals surface area contributed by atoms with Crippen molar-refractivity contribution in [2.24, 2.45) is 0 Å². The van der Waals surface area contributed by atoms with Crippen LogP contribution in [0, 0.1) is 6.92 Å². The van der Waals surface area contributed by atoms with Gasteiger partial charge < -0.3 is 20.0 Å². The molecule has 122 valence electrons. The molecule has 2 amide bonds. The number of aromatic nitrogens is 1. The topological polar surface area (TPSA) is 51.7 Å². The number of carbonyl (C=O) groups excluding carboxylic acids is 1. The molecule has 1 atom stereocenters. The van der Waals surface area contributed by atoms with Crippen molar-refractivity contribution in [1.82, 2.24) is 20.1 Å². The Hall–Kier alpha value is -1.34. The fourth-order valence-electron chi connectivity index (χ4n) is 3.14. The second-order valence-corrected chi connectivity index (χ2v) is 7.04. The van der Waals surface area contributed by atoms with E-state index in [-0.39, 0.29) is 6.03 Å². The Bertz CT molecular complexity index is 512. The minimum atomic E-state index is 0.0790. The zero-order valence-corrected chi connectivity index (χ0v) is 14.2. The Balaban J connectivity index is 1.43. The Labute approximate surface area is 136 Å². The number of aryl methyl sites for hydroxylation is 1. The summed E-state index contributed by atoms with van der Waals surface area (Å²) in [7, 11) is 2.14. The molecule has 0 spiro atoms. The van der Waals surface area contributed by atoms with Gasteiger partial charge in [-0.3, -0.25) is 0 Å². The molecule has 0 radical (unpaired) electrons. The van der Waals surface area contributed by atoms with E-state index in [0.29, 0.717) is 6.04 Å². The minimum Gasteiger partial charge on any atom is -0.345 e. The highest BCUT2D eigenvalue weighted by Gasteiger charge is 2.25. The highest BCUT2D eigenvalue weighted by atomic mass is 32.1. The fraction of sp³-hybridized carbons (Fsp3) is 0.733. The molecule has 22 heavy (non-hydrogen) atoms. The summed E-state index contributed by atoms with van der Waals surface area (Å²) in [5.74, 6) is 0. The largest absolute Gasteiger partial charge is 0.345 e. The molecule has 2 saturated heterocycles. The van der Waals surface area contributed by atoms with E-state index in [4.69, 9.17) is 0 Å². The zero-order chi connectivity index (χ0) is 15.5. The highest BCUT2D eigenvalue weighted by Crippen LogP contribution is 2.21. The monoisotopic (exact) mass is 323 g/mol. The lowest BCUT2D eigenvalue weighted by molar-refractivity contribution is 0.190. The first-order chi connectivity index (χ1) is 10.6. The van der Waals surface area contributed by atoms with Crippen molar-refractivity contribution in [1.29, 1.82) is 0 Å². The number of nitrogens with one attached hydrogen (secondary N) is 1. The second-order valence-electron chi connectivity index (χ2n) is 6.21. The molecule has 0 aliphatic carbocycles. The van der Waals surface area contributed by atoms with Gasteiger partial charge in [0, 0.05) is 44.1 Å². The lowest BCUT2D eigenvalue weighted by atomic mass is 10.2. The molecule has 2 fully saturated rings. The van der Waals surface area contributed by atoms with Crippen LogP contribution in [0.1, 0.15) is 18.5 Å². The number of amides is 2. The predicted molar refractivity (Wildman–Crippen MR) is 89.7 cm³/mol. The van der Waals surface area contributed by atoms with Crippen molar-refractivity contribution < 1.29 is 4.79 Å². The Morgan fingerprint density at radius 3 is 2.73 bits per heavy atom. The van der Waals surface area contributed by atoms with Gasteiger partial charge in [-0.2, -0.15) is 0 Å². The Kier molecular flexibility index (Phi) is 4.83. The van der Waals surface area contributed by atoms with E-state index < -0.39 is 0 Å². The number of thiazole rings is 1. The molecule has 1 aromatic rings. The standard InChI is InChI=1S/C15H25N5OS/c1-12-11-22-15(17-12)20-8-6-19(7-9-20)14(21)16-10-13-4-3-5-18(13)2/h11,13H,3-10H2,1-2H3,(H,16,21).